The van der Waals surface area contributed by atoms with Crippen molar-refractivity contribution in [2.75, 3.05) is 5.73 Å². The summed E-state index contributed by atoms with van der Waals surface area (Å²) in [4.78, 5) is 20.4. The van der Waals surface area contributed by atoms with Gasteiger partial charge in [-0.2, -0.15) is 0 Å². The molecule has 6 heteroatoms. The van der Waals surface area contributed by atoms with E-state index in [4.69, 9.17) is 10.2 Å². The lowest BCUT2D eigenvalue weighted by molar-refractivity contribution is 0.574. The van der Waals surface area contributed by atoms with Crippen LogP contribution in [0.15, 0.2) is 27.9 Å². The van der Waals surface area contributed by atoms with Gasteiger partial charge in [-0.25, -0.2) is 14.8 Å². The molecule has 0 aliphatic rings. The Morgan fingerprint density at radius 3 is 2.92 bits per heavy atom. The number of hydrogen-bond acceptors (Lipinski definition) is 5. The molecule has 2 rings (SSSR count). The van der Waals surface area contributed by atoms with Crippen molar-refractivity contribution >= 4 is 5.82 Å². The monoisotopic (exact) mass is 178 g/mol. The first-order chi connectivity index (χ1) is 6.27. The molecule has 6 nitrogen and oxygen atoms in total. The highest BCUT2D eigenvalue weighted by Crippen LogP contribution is 2.19. The van der Waals surface area contributed by atoms with Crippen LogP contribution in [0.2, 0.25) is 0 Å². The lowest BCUT2D eigenvalue weighted by Crippen LogP contribution is -2.12. The first-order valence-electron chi connectivity index (χ1n) is 3.52. The van der Waals surface area contributed by atoms with Crippen LogP contribution in [0.25, 0.3) is 11.5 Å². The van der Waals surface area contributed by atoms with E-state index in [2.05, 4.69) is 15.0 Å². The molecule has 0 aliphatic carbocycles. The number of anilines is 1. The third-order valence-electron chi connectivity index (χ3n) is 1.51. The lowest BCUT2D eigenvalue weighted by atomic mass is 10.3. The third-order valence-corrected chi connectivity index (χ3v) is 1.51. The number of nitrogens with zero attached hydrogens (tertiary/aromatic N) is 2. The molecule has 2 heterocycles. The van der Waals surface area contributed by atoms with E-state index in [-0.39, 0.29) is 5.82 Å². The van der Waals surface area contributed by atoms with Crippen LogP contribution in [0.1, 0.15) is 0 Å². The number of nitrogens with two attached hydrogens (primary N) is 1. The van der Waals surface area contributed by atoms with E-state index in [9.17, 15) is 4.79 Å². The predicted octanol–water partition coefficient (Wildman–Crippen LogP) is 0.00710. The van der Waals surface area contributed by atoms with E-state index < -0.39 is 5.69 Å². The minimum atomic E-state index is -0.493. The second-order valence-electron chi connectivity index (χ2n) is 2.35. The summed E-state index contributed by atoms with van der Waals surface area (Å²) in [5.41, 5.74) is 5.50. The fourth-order valence-electron chi connectivity index (χ4n) is 0.934. The molecular weight excluding hydrogens is 172 g/mol. The van der Waals surface area contributed by atoms with Crippen molar-refractivity contribution in [3.63, 3.8) is 0 Å². The number of nitrogen functional groups attached to an aromatic ring is 1. The zero-order valence-corrected chi connectivity index (χ0v) is 6.52. The highest BCUT2D eigenvalue weighted by molar-refractivity contribution is 5.64. The van der Waals surface area contributed by atoms with Crippen LogP contribution >= 0.6 is 0 Å². The van der Waals surface area contributed by atoms with Gasteiger partial charge in [0.05, 0.1) is 11.8 Å². The van der Waals surface area contributed by atoms with Gasteiger partial charge in [0.2, 0.25) is 5.89 Å². The summed E-state index contributed by atoms with van der Waals surface area (Å²) in [6.07, 6.45) is 4.22. The van der Waals surface area contributed by atoms with Gasteiger partial charge in [-0.3, -0.25) is 4.98 Å². The second-order valence-corrected chi connectivity index (χ2v) is 2.35. The maximum absolute atomic E-state index is 10.7. The Morgan fingerprint density at radius 2 is 2.31 bits per heavy atom. The summed E-state index contributed by atoms with van der Waals surface area (Å²) >= 11 is 0. The average molecular weight is 178 g/mol. The molecule has 2 aromatic rings. The van der Waals surface area contributed by atoms with Gasteiger partial charge < -0.3 is 10.2 Å². The Morgan fingerprint density at radius 1 is 1.46 bits per heavy atom. The van der Waals surface area contributed by atoms with Crippen LogP contribution in [0.4, 0.5) is 5.82 Å². The van der Waals surface area contributed by atoms with Gasteiger partial charge >= 0.3 is 5.69 Å². The van der Waals surface area contributed by atoms with Crippen LogP contribution in [0.5, 0.6) is 0 Å². The fourth-order valence-corrected chi connectivity index (χ4v) is 0.934. The van der Waals surface area contributed by atoms with E-state index in [0.29, 0.717) is 11.5 Å². The van der Waals surface area contributed by atoms with E-state index in [1.165, 1.54) is 18.7 Å². The number of aromatic amines is 1. The van der Waals surface area contributed by atoms with Crippen molar-refractivity contribution in [1.29, 1.82) is 0 Å². The molecule has 0 spiro atoms. The molecule has 0 aromatic carbocycles. The van der Waals surface area contributed by atoms with Gasteiger partial charge in [-0.15, -0.1) is 0 Å². The standard InChI is InChI=1S/C7H6N4O2/c8-5-4(3-10-7(12)11-5)6-9-1-2-13-6/h1-3H,(H3,8,10,11,12). The quantitative estimate of drug-likeness (QED) is 0.640. The number of oxazole rings is 1. The van der Waals surface area contributed by atoms with Crippen molar-refractivity contribution in [1.82, 2.24) is 15.0 Å². The van der Waals surface area contributed by atoms with Gasteiger partial charge in [0.15, 0.2) is 0 Å². The number of aromatic nitrogens is 3. The van der Waals surface area contributed by atoms with Crippen LogP contribution in [-0.4, -0.2) is 15.0 Å². The normalized spacial score (nSPS) is 10.2. The first-order valence-corrected chi connectivity index (χ1v) is 3.52. The topological polar surface area (TPSA) is 97.8 Å². The van der Waals surface area contributed by atoms with Crippen LogP contribution in [0.3, 0.4) is 0 Å². The molecule has 0 amide bonds. The molecule has 66 valence electrons. The molecule has 0 radical (unpaired) electrons. The maximum atomic E-state index is 10.7. The van der Waals surface area contributed by atoms with Crippen molar-refractivity contribution in [2.24, 2.45) is 0 Å². The number of H-pyrrole nitrogens is 1. The highest BCUT2D eigenvalue weighted by Gasteiger charge is 2.07. The Labute approximate surface area is 72.4 Å². The lowest BCUT2D eigenvalue weighted by Gasteiger charge is -1.97. The zero-order valence-electron chi connectivity index (χ0n) is 6.52. The fraction of sp³-hybridized carbons (Fsp3) is 0. The Hall–Kier alpha value is -2.11. The smallest absolute Gasteiger partial charge is 0.346 e. The molecule has 0 unspecified atom stereocenters. The van der Waals surface area contributed by atoms with Crippen molar-refractivity contribution in [3.8, 4) is 11.5 Å². The van der Waals surface area contributed by atoms with E-state index >= 15 is 0 Å². The maximum Gasteiger partial charge on any atom is 0.346 e. The van der Waals surface area contributed by atoms with Crippen molar-refractivity contribution in [3.05, 3.63) is 29.1 Å². The van der Waals surface area contributed by atoms with Gasteiger partial charge in [0.1, 0.15) is 12.1 Å². The average Bonchev–Trinajstić information content (AvgIpc) is 2.56. The van der Waals surface area contributed by atoms with E-state index in [1.54, 1.807) is 0 Å². The largest absolute Gasteiger partial charge is 0.444 e. The molecule has 2 aromatic heterocycles. The van der Waals surface area contributed by atoms with Crippen molar-refractivity contribution in [2.45, 2.75) is 0 Å². The summed E-state index contributed by atoms with van der Waals surface area (Å²) in [7, 11) is 0. The van der Waals surface area contributed by atoms with Gasteiger partial charge in [-0.1, -0.05) is 0 Å². The SMILES string of the molecule is Nc1[nH]c(=O)ncc1-c1ncco1. The summed E-state index contributed by atoms with van der Waals surface area (Å²) < 4.78 is 4.99. The van der Waals surface area contributed by atoms with E-state index in [1.807, 2.05) is 0 Å². The molecule has 0 aliphatic heterocycles. The minimum absolute atomic E-state index is 0.197. The molecule has 0 atom stereocenters. The van der Waals surface area contributed by atoms with Crippen LogP contribution in [0, 0.1) is 0 Å². The highest BCUT2D eigenvalue weighted by atomic mass is 16.3. The van der Waals surface area contributed by atoms with E-state index in [0.717, 1.165) is 0 Å². The summed E-state index contributed by atoms with van der Waals surface area (Å²) in [5, 5.41) is 0. The summed E-state index contributed by atoms with van der Waals surface area (Å²) in [5.74, 6) is 0.531. The van der Waals surface area contributed by atoms with Gasteiger partial charge in [-0.05, 0) is 0 Å². The Bertz CT molecular complexity index is 460. The van der Waals surface area contributed by atoms with Crippen LogP contribution in [-0.2, 0) is 0 Å². The second kappa shape index (κ2) is 2.74. The Kier molecular flexibility index (Phi) is 1.59. The third kappa shape index (κ3) is 1.28. The molecule has 0 bridgehead atoms. The summed E-state index contributed by atoms with van der Waals surface area (Å²) in [6.45, 7) is 0. The number of rotatable bonds is 1. The molecule has 3 N–H and O–H groups in total. The van der Waals surface area contributed by atoms with Crippen molar-refractivity contribution < 1.29 is 4.42 Å². The molecular formula is C7H6N4O2. The predicted molar refractivity (Wildman–Crippen MR) is 44.8 cm³/mol. The number of nitrogens with one attached hydrogen (secondary N) is 1. The summed E-state index contributed by atoms with van der Waals surface area (Å²) in [6, 6.07) is 0. The van der Waals surface area contributed by atoms with Crippen LogP contribution < -0.4 is 11.4 Å². The molecule has 0 saturated heterocycles. The van der Waals surface area contributed by atoms with Gasteiger partial charge in [0, 0.05) is 6.20 Å². The zero-order chi connectivity index (χ0) is 9.26. The number of hydrogen-bond donors (Lipinski definition) is 2. The Balaban J connectivity index is 2.60. The molecule has 0 fully saturated rings. The first kappa shape index (κ1) is 7.53. The molecule has 0 saturated carbocycles. The molecule has 13 heavy (non-hydrogen) atoms. The minimum Gasteiger partial charge on any atom is -0.444 e. The van der Waals surface area contributed by atoms with Gasteiger partial charge in [0.25, 0.3) is 0 Å².